The number of hydrogen-bond donors (Lipinski definition) is 0. The first-order valence-corrected chi connectivity index (χ1v) is 24.8. The fourth-order valence-corrected chi connectivity index (χ4v) is 15.4. The first-order valence-electron chi connectivity index (χ1n) is 24.8. The molecule has 10 atom stereocenters. The smallest absolute Gasteiger partial charge is 0.130 e. The summed E-state index contributed by atoms with van der Waals surface area (Å²) in [5.41, 5.74) is 15.8. The highest BCUT2D eigenvalue weighted by Gasteiger charge is 2.64. The van der Waals surface area contributed by atoms with E-state index in [1.807, 2.05) is 5.57 Å². The average molecular weight is 815 g/mol. The van der Waals surface area contributed by atoms with Gasteiger partial charge in [0.2, 0.25) is 0 Å². The molecular formula is C59H62N2O. The predicted octanol–water partition coefficient (Wildman–Crippen LogP) is 14.2. The molecule has 1 aliphatic heterocycles. The van der Waals surface area contributed by atoms with Crippen LogP contribution in [0.25, 0.3) is 0 Å². The molecule has 3 nitrogen and oxygen atoms in total. The summed E-state index contributed by atoms with van der Waals surface area (Å²) in [6, 6.07) is 19.5. The van der Waals surface area contributed by atoms with Crippen LogP contribution in [0, 0.1) is 29.6 Å². The van der Waals surface area contributed by atoms with Crippen molar-refractivity contribution in [3.05, 3.63) is 190 Å². The fourth-order valence-electron chi connectivity index (χ4n) is 15.4. The van der Waals surface area contributed by atoms with Crippen molar-refractivity contribution in [2.45, 2.75) is 126 Å². The lowest BCUT2D eigenvalue weighted by atomic mass is 9.56. The summed E-state index contributed by atoms with van der Waals surface area (Å²) in [5.74, 6) is 4.38. The molecule has 3 heteroatoms. The maximum atomic E-state index is 7.12. The molecule has 1 heterocycles. The quantitative estimate of drug-likeness (QED) is 0.270. The zero-order chi connectivity index (χ0) is 40.8. The molecule has 1 saturated carbocycles. The van der Waals surface area contributed by atoms with Gasteiger partial charge in [-0.25, -0.2) is 0 Å². The first-order chi connectivity index (χ1) is 30.8. The van der Waals surface area contributed by atoms with Crippen molar-refractivity contribution in [2.24, 2.45) is 29.6 Å². The Morgan fingerprint density at radius 2 is 1.52 bits per heavy atom. The summed E-state index contributed by atoms with van der Waals surface area (Å²) in [5, 5.41) is 0. The van der Waals surface area contributed by atoms with Crippen molar-refractivity contribution in [1.29, 1.82) is 0 Å². The minimum absolute atomic E-state index is 0.0414. The minimum Gasteiger partial charge on any atom is -0.491 e. The van der Waals surface area contributed by atoms with Crippen molar-refractivity contribution >= 4 is 11.4 Å². The molecule has 0 aromatic heterocycles. The van der Waals surface area contributed by atoms with Crippen molar-refractivity contribution in [1.82, 2.24) is 4.90 Å². The largest absolute Gasteiger partial charge is 0.491 e. The van der Waals surface area contributed by atoms with Crippen molar-refractivity contribution in [3.63, 3.8) is 0 Å². The van der Waals surface area contributed by atoms with Gasteiger partial charge in [-0.05, 0) is 147 Å². The van der Waals surface area contributed by atoms with Gasteiger partial charge in [0, 0.05) is 52.4 Å². The van der Waals surface area contributed by atoms with E-state index in [1.54, 1.807) is 28.0 Å². The minimum atomic E-state index is 0.0414. The van der Waals surface area contributed by atoms with Crippen LogP contribution < -0.4 is 4.90 Å². The number of para-hydroxylation sites is 1. The summed E-state index contributed by atoms with van der Waals surface area (Å²) < 4.78 is 7.12. The SMILES string of the molecule is C1=CCCC(N(C2=C3C=CC=CC3CCC2)C2C=CC3C4=C(CCC=C4)C4(c5cccc(N(c6ccccc6)C6C=CCC7C8=C(CCC=C8)OC76)c5C5CCCCC54)C3C2)=C1. The van der Waals surface area contributed by atoms with E-state index in [2.05, 4.69) is 149 Å². The molecular weight excluding hydrogens is 753 g/mol. The van der Waals surface area contributed by atoms with Gasteiger partial charge < -0.3 is 14.5 Å². The van der Waals surface area contributed by atoms with Gasteiger partial charge in [0.25, 0.3) is 0 Å². The predicted molar refractivity (Wildman–Crippen MR) is 254 cm³/mol. The molecule has 11 aliphatic rings. The van der Waals surface area contributed by atoms with E-state index in [9.17, 15) is 0 Å². The number of anilines is 2. The van der Waals surface area contributed by atoms with Crippen LogP contribution in [0.1, 0.15) is 113 Å². The molecule has 0 radical (unpaired) electrons. The molecule has 0 bridgehead atoms. The Hall–Kier alpha value is -5.02. The molecule has 314 valence electrons. The maximum Gasteiger partial charge on any atom is 0.130 e. The van der Waals surface area contributed by atoms with E-state index in [4.69, 9.17) is 4.74 Å². The molecule has 2 aromatic carbocycles. The van der Waals surface area contributed by atoms with E-state index in [-0.39, 0.29) is 17.6 Å². The zero-order valence-corrected chi connectivity index (χ0v) is 36.4. The van der Waals surface area contributed by atoms with E-state index < -0.39 is 0 Å². The lowest BCUT2D eigenvalue weighted by Gasteiger charge is -2.49. The Balaban J connectivity index is 0.974. The standard InChI is InChI=1S/C59H62N2O/c1-3-20-40(21-4-1)60(53-32-15-19-39-18-7-8-24-43(39)53)42-36-37-45-44-25-9-12-29-49(44)59(52(45)38-42)50-30-13-10-27-48(50)57-51(59)31-17-33-54(57)61(41-22-5-2-6-23-41)55-34-16-28-47-46-26-11-14-35-56(46)62-58(47)55/h1-3,5-9,11,16-18,20,22-26,31,33-34,36-37,39,42,45,47-48,50,52,55,58H,4,10,12-15,19,21,27-30,32,35,38H2. The molecule has 0 amide bonds. The Labute approximate surface area is 370 Å². The van der Waals surface area contributed by atoms with Gasteiger partial charge in [0.15, 0.2) is 0 Å². The van der Waals surface area contributed by atoms with Crippen LogP contribution in [0.2, 0.25) is 0 Å². The number of hydrogen-bond acceptors (Lipinski definition) is 3. The second kappa shape index (κ2) is 15.1. The van der Waals surface area contributed by atoms with Gasteiger partial charge in [-0.2, -0.15) is 0 Å². The van der Waals surface area contributed by atoms with Crippen LogP contribution >= 0.6 is 0 Å². The van der Waals surface area contributed by atoms with E-state index >= 15 is 0 Å². The lowest BCUT2D eigenvalue weighted by Crippen LogP contribution is -2.47. The highest BCUT2D eigenvalue weighted by Crippen LogP contribution is 2.71. The molecule has 10 unspecified atom stereocenters. The van der Waals surface area contributed by atoms with Gasteiger partial charge in [-0.15, -0.1) is 0 Å². The van der Waals surface area contributed by atoms with Crippen LogP contribution in [0.15, 0.2) is 179 Å². The highest BCUT2D eigenvalue weighted by molar-refractivity contribution is 5.75. The second-order valence-corrected chi connectivity index (χ2v) is 20.3. The first kappa shape index (κ1) is 37.5. The van der Waals surface area contributed by atoms with Crippen LogP contribution in [-0.4, -0.2) is 23.1 Å². The summed E-state index contributed by atoms with van der Waals surface area (Å²) in [7, 11) is 0. The summed E-state index contributed by atoms with van der Waals surface area (Å²) in [6.07, 6.45) is 55.1. The van der Waals surface area contributed by atoms with Gasteiger partial charge in [0.05, 0.1) is 12.1 Å². The molecule has 10 aliphatic carbocycles. The number of ether oxygens (including phenoxy) is 1. The van der Waals surface area contributed by atoms with Crippen LogP contribution in [-0.2, 0) is 10.2 Å². The molecule has 1 spiro atoms. The van der Waals surface area contributed by atoms with E-state index in [1.165, 1.54) is 86.2 Å². The normalized spacial score (nSPS) is 35.5. The highest BCUT2D eigenvalue weighted by atomic mass is 16.5. The van der Waals surface area contributed by atoms with Crippen molar-refractivity contribution in [3.8, 4) is 0 Å². The topological polar surface area (TPSA) is 15.7 Å². The third-order valence-corrected chi connectivity index (χ3v) is 17.6. The van der Waals surface area contributed by atoms with Gasteiger partial charge >= 0.3 is 0 Å². The number of fused-ring (bicyclic) bond motifs is 12. The maximum absolute atomic E-state index is 7.12. The third kappa shape index (κ3) is 5.54. The molecule has 13 rings (SSSR count). The number of benzene rings is 2. The molecule has 0 saturated heterocycles. The number of rotatable bonds is 6. The van der Waals surface area contributed by atoms with E-state index in [0.717, 1.165) is 38.5 Å². The Morgan fingerprint density at radius 1 is 0.629 bits per heavy atom. The average Bonchev–Trinajstić information content (AvgIpc) is 3.97. The monoisotopic (exact) mass is 814 g/mol. The summed E-state index contributed by atoms with van der Waals surface area (Å²) in [6.45, 7) is 0. The van der Waals surface area contributed by atoms with Gasteiger partial charge in [-0.3, -0.25) is 0 Å². The Morgan fingerprint density at radius 3 is 2.44 bits per heavy atom. The summed E-state index contributed by atoms with van der Waals surface area (Å²) in [4.78, 5) is 5.66. The number of nitrogens with zero attached hydrogens (tertiary/aromatic N) is 2. The third-order valence-electron chi connectivity index (χ3n) is 17.6. The second-order valence-electron chi connectivity index (χ2n) is 20.3. The molecule has 62 heavy (non-hydrogen) atoms. The molecule has 2 aromatic rings. The Bertz CT molecular complexity index is 2510. The lowest BCUT2D eigenvalue weighted by molar-refractivity contribution is 0.0924. The van der Waals surface area contributed by atoms with Gasteiger partial charge in [-0.1, -0.05) is 134 Å². The Kier molecular flexibility index (Phi) is 9.12. The number of allylic oxidation sites excluding steroid dienone is 19. The zero-order valence-electron chi connectivity index (χ0n) is 36.4. The summed E-state index contributed by atoms with van der Waals surface area (Å²) >= 11 is 0. The van der Waals surface area contributed by atoms with Crippen molar-refractivity contribution < 1.29 is 4.74 Å². The molecule has 0 N–H and O–H groups in total. The van der Waals surface area contributed by atoms with Crippen LogP contribution in [0.3, 0.4) is 0 Å². The van der Waals surface area contributed by atoms with E-state index in [0.29, 0.717) is 41.5 Å². The van der Waals surface area contributed by atoms with Crippen LogP contribution in [0.4, 0.5) is 11.4 Å². The van der Waals surface area contributed by atoms with Crippen LogP contribution in [0.5, 0.6) is 0 Å². The van der Waals surface area contributed by atoms with Crippen molar-refractivity contribution in [2.75, 3.05) is 4.90 Å². The molecule has 1 fully saturated rings. The fraction of sp³-hybridized carbons (Fsp3) is 0.424. The van der Waals surface area contributed by atoms with Gasteiger partial charge in [0.1, 0.15) is 11.9 Å².